The maximum atomic E-state index is 11.9. The van der Waals surface area contributed by atoms with Crippen LogP contribution in [0.2, 0.25) is 0 Å². The van der Waals surface area contributed by atoms with Crippen LogP contribution in [0.1, 0.15) is 16.8 Å². The van der Waals surface area contributed by atoms with Crippen LogP contribution in [-0.4, -0.2) is 10.9 Å². The maximum Gasteiger partial charge on any atom is 0.230 e. The number of nitrogen functional groups attached to an aromatic ring is 1. The smallest absolute Gasteiger partial charge is 0.230 e. The SMILES string of the molecule is N#Cc1ccc(NC(=O)Cc2ccc(N)cn2)cc1C#N. The number of benzene rings is 1. The van der Waals surface area contributed by atoms with Gasteiger partial charge in [0.25, 0.3) is 0 Å². The minimum Gasteiger partial charge on any atom is -0.397 e. The van der Waals surface area contributed by atoms with Crippen molar-refractivity contribution in [3.63, 3.8) is 0 Å². The number of pyridine rings is 1. The first-order valence-electron chi connectivity index (χ1n) is 6.07. The first-order chi connectivity index (χ1) is 10.1. The predicted octanol–water partition coefficient (Wildman–Crippen LogP) is 1.59. The van der Waals surface area contributed by atoms with Gasteiger partial charge in [-0.3, -0.25) is 9.78 Å². The highest BCUT2D eigenvalue weighted by molar-refractivity contribution is 5.92. The zero-order valence-electron chi connectivity index (χ0n) is 11.0. The molecule has 0 fully saturated rings. The Kier molecular flexibility index (Phi) is 4.13. The molecular weight excluding hydrogens is 266 g/mol. The maximum absolute atomic E-state index is 11.9. The summed E-state index contributed by atoms with van der Waals surface area (Å²) >= 11 is 0. The molecule has 2 rings (SSSR count). The van der Waals surface area contributed by atoms with Crippen LogP contribution < -0.4 is 11.1 Å². The van der Waals surface area contributed by atoms with E-state index in [1.807, 2.05) is 12.1 Å². The summed E-state index contributed by atoms with van der Waals surface area (Å²) < 4.78 is 0. The summed E-state index contributed by atoms with van der Waals surface area (Å²) in [5.41, 5.74) is 7.61. The van der Waals surface area contributed by atoms with E-state index in [2.05, 4.69) is 10.3 Å². The number of carbonyl (C=O) groups excluding carboxylic acids is 1. The van der Waals surface area contributed by atoms with Crippen LogP contribution in [0, 0.1) is 22.7 Å². The average molecular weight is 277 g/mol. The van der Waals surface area contributed by atoms with Gasteiger partial charge >= 0.3 is 0 Å². The lowest BCUT2D eigenvalue weighted by atomic mass is 10.1. The quantitative estimate of drug-likeness (QED) is 0.883. The third kappa shape index (κ3) is 3.55. The lowest BCUT2D eigenvalue weighted by Crippen LogP contribution is -2.15. The van der Waals surface area contributed by atoms with Gasteiger partial charge in [-0.05, 0) is 30.3 Å². The zero-order chi connectivity index (χ0) is 15.2. The minimum absolute atomic E-state index is 0.0994. The number of aromatic nitrogens is 1. The molecule has 3 N–H and O–H groups in total. The number of nitrogens with two attached hydrogens (primary N) is 1. The number of nitriles is 2. The summed E-state index contributed by atoms with van der Waals surface area (Å²) in [6.07, 6.45) is 1.58. The van der Waals surface area contributed by atoms with Gasteiger partial charge in [0, 0.05) is 11.4 Å². The van der Waals surface area contributed by atoms with Crippen LogP contribution in [-0.2, 0) is 11.2 Å². The first kappa shape index (κ1) is 14.0. The number of nitrogens with one attached hydrogen (secondary N) is 1. The van der Waals surface area contributed by atoms with Crippen LogP contribution in [0.15, 0.2) is 36.5 Å². The zero-order valence-corrected chi connectivity index (χ0v) is 11.0. The number of carbonyl (C=O) groups is 1. The van der Waals surface area contributed by atoms with Gasteiger partial charge in [-0.2, -0.15) is 10.5 Å². The summed E-state index contributed by atoms with van der Waals surface area (Å²) in [6.45, 7) is 0. The average Bonchev–Trinajstić information content (AvgIpc) is 2.49. The second kappa shape index (κ2) is 6.18. The summed E-state index contributed by atoms with van der Waals surface area (Å²) in [7, 11) is 0. The highest BCUT2D eigenvalue weighted by Gasteiger charge is 2.08. The number of anilines is 2. The van der Waals surface area contributed by atoms with E-state index in [1.165, 1.54) is 18.3 Å². The van der Waals surface area contributed by atoms with E-state index >= 15 is 0 Å². The third-order valence-electron chi connectivity index (χ3n) is 2.73. The summed E-state index contributed by atoms with van der Waals surface area (Å²) in [5.74, 6) is -0.263. The van der Waals surface area contributed by atoms with E-state index in [-0.39, 0.29) is 23.5 Å². The van der Waals surface area contributed by atoms with Gasteiger partial charge in [-0.25, -0.2) is 0 Å². The number of hydrogen-bond acceptors (Lipinski definition) is 5. The molecule has 0 saturated heterocycles. The number of hydrogen-bond donors (Lipinski definition) is 2. The van der Waals surface area contributed by atoms with Crippen LogP contribution in [0.4, 0.5) is 11.4 Å². The molecule has 0 radical (unpaired) electrons. The molecule has 102 valence electrons. The van der Waals surface area contributed by atoms with Crippen molar-refractivity contribution in [3.05, 3.63) is 53.3 Å². The molecule has 0 spiro atoms. The van der Waals surface area contributed by atoms with Gasteiger partial charge in [0.2, 0.25) is 5.91 Å². The molecule has 0 atom stereocenters. The van der Waals surface area contributed by atoms with Crippen molar-refractivity contribution >= 4 is 17.3 Å². The molecule has 0 aliphatic carbocycles. The molecule has 1 heterocycles. The molecular formula is C15H11N5O. The van der Waals surface area contributed by atoms with Crippen molar-refractivity contribution in [2.45, 2.75) is 6.42 Å². The van der Waals surface area contributed by atoms with Gasteiger partial charge in [-0.15, -0.1) is 0 Å². The number of nitrogens with zero attached hydrogens (tertiary/aromatic N) is 3. The van der Waals surface area contributed by atoms with E-state index in [1.54, 1.807) is 18.2 Å². The molecule has 21 heavy (non-hydrogen) atoms. The Hall–Kier alpha value is -3.38. The molecule has 0 saturated carbocycles. The molecule has 1 aromatic heterocycles. The summed E-state index contributed by atoms with van der Waals surface area (Å²) in [5, 5.41) is 20.4. The van der Waals surface area contributed by atoms with E-state index < -0.39 is 0 Å². The molecule has 0 aliphatic rings. The largest absolute Gasteiger partial charge is 0.397 e. The second-order valence-corrected chi connectivity index (χ2v) is 4.29. The fourth-order valence-corrected chi connectivity index (χ4v) is 1.72. The van der Waals surface area contributed by atoms with Gasteiger partial charge in [0.05, 0.1) is 29.4 Å². The minimum atomic E-state index is -0.263. The highest BCUT2D eigenvalue weighted by Crippen LogP contribution is 2.15. The lowest BCUT2D eigenvalue weighted by molar-refractivity contribution is -0.115. The van der Waals surface area contributed by atoms with E-state index in [4.69, 9.17) is 16.3 Å². The predicted molar refractivity (Wildman–Crippen MR) is 76.9 cm³/mol. The Balaban J connectivity index is 2.08. The van der Waals surface area contributed by atoms with Crippen LogP contribution in [0.5, 0.6) is 0 Å². The van der Waals surface area contributed by atoms with Crippen molar-refractivity contribution in [1.29, 1.82) is 10.5 Å². The van der Waals surface area contributed by atoms with E-state index in [0.717, 1.165) is 0 Å². The van der Waals surface area contributed by atoms with Crippen molar-refractivity contribution in [2.24, 2.45) is 0 Å². The van der Waals surface area contributed by atoms with E-state index in [9.17, 15) is 4.79 Å². The lowest BCUT2D eigenvalue weighted by Gasteiger charge is -2.06. The number of amides is 1. The molecule has 0 unspecified atom stereocenters. The Morgan fingerprint density at radius 1 is 1.19 bits per heavy atom. The van der Waals surface area contributed by atoms with Crippen LogP contribution in [0.25, 0.3) is 0 Å². The Bertz CT molecular complexity index is 753. The van der Waals surface area contributed by atoms with Crippen LogP contribution >= 0.6 is 0 Å². The molecule has 1 amide bonds. The molecule has 6 nitrogen and oxygen atoms in total. The molecule has 0 bridgehead atoms. The van der Waals surface area contributed by atoms with Crippen molar-refractivity contribution in [3.8, 4) is 12.1 Å². The van der Waals surface area contributed by atoms with Crippen LogP contribution in [0.3, 0.4) is 0 Å². The van der Waals surface area contributed by atoms with Gasteiger partial charge < -0.3 is 11.1 Å². The fourth-order valence-electron chi connectivity index (χ4n) is 1.72. The second-order valence-electron chi connectivity index (χ2n) is 4.29. The molecule has 1 aromatic carbocycles. The van der Waals surface area contributed by atoms with Crippen molar-refractivity contribution in [2.75, 3.05) is 11.1 Å². The number of rotatable bonds is 3. The summed E-state index contributed by atoms with van der Waals surface area (Å²) in [6, 6.07) is 11.7. The first-order valence-corrected chi connectivity index (χ1v) is 6.07. The Morgan fingerprint density at radius 3 is 2.57 bits per heavy atom. The fraction of sp³-hybridized carbons (Fsp3) is 0.0667. The third-order valence-corrected chi connectivity index (χ3v) is 2.73. The summed E-state index contributed by atoms with van der Waals surface area (Å²) in [4.78, 5) is 15.9. The standard InChI is InChI=1S/C15H11N5O/c16-7-10-1-3-14(5-11(10)8-17)20-15(21)6-13-4-2-12(18)9-19-13/h1-5,9H,6,18H2,(H,20,21). The normalized spacial score (nSPS) is 9.43. The van der Waals surface area contributed by atoms with Crippen molar-refractivity contribution in [1.82, 2.24) is 4.98 Å². The molecule has 2 aromatic rings. The van der Waals surface area contributed by atoms with Gasteiger partial charge in [0.1, 0.15) is 12.1 Å². The van der Waals surface area contributed by atoms with E-state index in [0.29, 0.717) is 17.1 Å². The van der Waals surface area contributed by atoms with Crippen molar-refractivity contribution < 1.29 is 4.79 Å². The topological polar surface area (TPSA) is 116 Å². The van der Waals surface area contributed by atoms with Gasteiger partial charge in [0.15, 0.2) is 0 Å². The monoisotopic (exact) mass is 277 g/mol. The highest BCUT2D eigenvalue weighted by atomic mass is 16.1. The Labute approximate surface area is 121 Å². The Morgan fingerprint density at radius 2 is 1.95 bits per heavy atom. The molecule has 0 aliphatic heterocycles. The molecule has 6 heteroatoms. The van der Waals surface area contributed by atoms with Gasteiger partial charge in [-0.1, -0.05) is 0 Å².